The van der Waals surface area contributed by atoms with Crippen LogP contribution in [-0.2, 0) is 27.2 Å². The Balaban J connectivity index is 1.66. The highest BCUT2D eigenvalue weighted by atomic mass is 16.5. The van der Waals surface area contributed by atoms with Crippen LogP contribution in [0.4, 0.5) is 16.3 Å². The second-order valence-electron chi connectivity index (χ2n) is 8.51. The van der Waals surface area contributed by atoms with Crippen molar-refractivity contribution >= 4 is 23.5 Å². The topological polar surface area (TPSA) is 109 Å². The lowest BCUT2D eigenvalue weighted by atomic mass is 10.0. The van der Waals surface area contributed by atoms with Crippen molar-refractivity contribution in [1.29, 1.82) is 0 Å². The van der Waals surface area contributed by atoms with Crippen molar-refractivity contribution < 1.29 is 19.1 Å². The van der Waals surface area contributed by atoms with Crippen LogP contribution in [0.2, 0.25) is 0 Å². The minimum Gasteiger partial charge on any atom is -0.468 e. The molecule has 1 atom stereocenters. The second-order valence-corrected chi connectivity index (χ2v) is 8.51. The van der Waals surface area contributed by atoms with Crippen LogP contribution in [0.15, 0.2) is 24.3 Å². The summed E-state index contributed by atoms with van der Waals surface area (Å²) in [7, 11) is 1.41. The number of hydrogen-bond acceptors (Lipinski definition) is 8. The molecule has 1 saturated heterocycles. The molecule has 2 amide bonds. The number of fused-ring (bicyclic) bond motifs is 1. The Bertz CT molecular complexity index is 1030. The number of ether oxygens (including phenoxy) is 2. The van der Waals surface area contributed by atoms with E-state index < -0.39 is 0 Å². The molecule has 182 valence electrons. The fourth-order valence-electron chi connectivity index (χ4n) is 4.29. The van der Waals surface area contributed by atoms with E-state index in [0.717, 1.165) is 42.1 Å². The normalized spacial score (nSPS) is 18.2. The molecule has 1 aromatic heterocycles. The first kappa shape index (κ1) is 23.9. The van der Waals surface area contributed by atoms with Gasteiger partial charge >= 0.3 is 12.0 Å². The first-order valence-electron chi connectivity index (χ1n) is 11.7. The summed E-state index contributed by atoms with van der Waals surface area (Å²) in [5, 5.41) is 5.52. The van der Waals surface area contributed by atoms with Gasteiger partial charge in [0.15, 0.2) is 5.82 Å². The molecule has 2 aromatic rings. The SMILES string of the molecule is CCNC(=O)Nc1ccc(-c2nc3c(c(N4CCOC[C@@H]4C)n2)CCN(CC(=O)OC)C3)cc1. The smallest absolute Gasteiger partial charge is 0.319 e. The highest BCUT2D eigenvalue weighted by molar-refractivity contribution is 5.89. The Morgan fingerprint density at radius 3 is 2.71 bits per heavy atom. The number of hydrogen-bond donors (Lipinski definition) is 2. The summed E-state index contributed by atoms with van der Waals surface area (Å²) >= 11 is 0. The Morgan fingerprint density at radius 1 is 1.21 bits per heavy atom. The minimum absolute atomic E-state index is 0.206. The molecule has 4 rings (SSSR count). The fourth-order valence-corrected chi connectivity index (χ4v) is 4.29. The van der Waals surface area contributed by atoms with E-state index in [2.05, 4.69) is 27.4 Å². The predicted molar refractivity (Wildman–Crippen MR) is 129 cm³/mol. The number of amides is 2. The summed E-state index contributed by atoms with van der Waals surface area (Å²) in [6, 6.07) is 7.46. The average Bonchev–Trinajstić information content (AvgIpc) is 2.84. The third kappa shape index (κ3) is 5.45. The van der Waals surface area contributed by atoms with Gasteiger partial charge in [-0.25, -0.2) is 14.8 Å². The van der Waals surface area contributed by atoms with Gasteiger partial charge in [0.05, 0.1) is 38.6 Å². The maximum absolute atomic E-state index is 11.8. The van der Waals surface area contributed by atoms with E-state index in [-0.39, 0.29) is 24.6 Å². The lowest BCUT2D eigenvalue weighted by Crippen LogP contribution is -2.45. The number of aromatic nitrogens is 2. The van der Waals surface area contributed by atoms with Gasteiger partial charge in [0.25, 0.3) is 0 Å². The molecule has 2 aliphatic rings. The van der Waals surface area contributed by atoms with Crippen LogP contribution < -0.4 is 15.5 Å². The summed E-state index contributed by atoms with van der Waals surface area (Å²) in [5.41, 5.74) is 3.61. The molecule has 3 heterocycles. The molecule has 0 radical (unpaired) electrons. The molecule has 2 aliphatic heterocycles. The third-order valence-corrected chi connectivity index (χ3v) is 6.08. The lowest BCUT2D eigenvalue weighted by Gasteiger charge is -2.37. The number of morpholine rings is 1. The number of anilines is 2. The largest absolute Gasteiger partial charge is 0.468 e. The number of nitrogens with one attached hydrogen (secondary N) is 2. The summed E-state index contributed by atoms with van der Waals surface area (Å²) < 4.78 is 10.5. The van der Waals surface area contributed by atoms with Gasteiger partial charge in [-0.2, -0.15) is 0 Å². The summed E-state index contributed by atoms with van der Waals surface area (Å²) in [4.78, 5) is 37.9. The molecule has 1 aromatic carbocycles. The molecular formula is C24H32N6O4. The summed E-state index contributed by atoms with van der Waals surface area (Å²) in [5.74, 6) is 1.31. The van der Waals surface area contributed by atoms with E-state index >= 15 is 0 Å². The van der Waals surface area contributed by atoms with Crippen LogP contribution in [0.1, 0.15) is 25.1 Å². The molecule has 0 aliphatic carbocycles. The van der Waals surface area contributed by atoms with Gasteiger partial charge in [-0.15, -0.1) is 0 Å². The van der Waals surface area contributed by atoms with Crippen LogP contribution in [0.3, 0.4) is 0 Å². The van der Waals surface area contributed by atoms with Crippen molar-refractivity contribution in [3.63, 3.8) is 0 Å². The third-order valence-electron chi connectivity index (χ3n) is 6.08. The molecule has 0 saturated carbocycles. The van der Waals surface area contributed by atoms with Crippen molar-refractivity contribution in [2.75, 3.05) is 56.7 Å². The van der Waals surface area contributed by atoms with E-state index in [1.807, 2.05) is 31.2 Å². The summed E-state index contributed by atoms with van der Waals surface area (Å²) in [6.07, 6.45) is 0.765. The Morgan fingerprint density at radius 2 is 2.00 bits per heavy atom. The van der Waals surface area contributed by atoms with Gasteiger partial charge in [-0.1, -0.05) is 0 Å². The average molecular weight is 469 g/mol. The first-order chi connectivity index (χ1) is 16.5. The number of esters is 1. The highest BCUT2D eigenvalue weighted by Crippen LogP contribution is 2.31. The molecule has 0 unspecified atom stereocenters. The van der Waals surface area contributed by atoms with Gasteiger partial charge in [0.2, 0.25) is 0 Å². The number of carbonyl (C=O) groups is 2. The van der Waals surface area contributed by atoms with Crippen LogP contribution in [0.25, 0.3) is 11.4 Å². The molecule has 0 spiro atoms. The zero-order valence-electron chi connectivity index (χ0n) is 20.0. The van der Waals surface area contributed by atoms with Crippen LogP contribution in [-0.4, -0.2) is 79.4 Å². The maximum atomic E-state index is 11.8. The number of urea groups is 1. The standard InChI is InChI=1S/C24H32N6O4/c1-4-25-24(32)26-18-7-5-17(6-8-18)22-27-20-13-29(14-21(31)33-3)10-9-19(20)23(28-22)30-11-12-34-15-16(30)2/h5-8,16H,4,9-15H2,1-3H3,(H2,25,26,32)/t16-/m0/s1. The second kappa shape index (κ2) is 10.8. The van der Waals surface area contributed by atoms with Crippen molar-refractivity contribution in [3.05, 3.63) is 35.5 Å². The molecule has 0 bridgehead atoms. The Labute approximate surface area is 199 Å². The van der Waals surface area contributed by atoms with Crippen molar-refractivity contribution in [1.82, 2.24) is 20.2 Å². The molecule has 10 nitrogen and oxygen atoms in total. The van der Waals surface area contributed by atoms with Crippen molar-refractivity contribution in [2.24, 2.45) is 0 Å². The van der Waals surface area contributed by atoms with Crippen LogP contribution in [0, 0.1) is 0 Å². The Kier molecular flexibility index (Phi) is 7.59. The van der Waals surface area contributed by atoms with Gasteiger partial charge in [0.1, 0.15) is 5.82 Å². The number of rotatable bonds is 6. The zero-order valence-corrected chi connectivity index (χ0v) is 20.0. The number of carbonyl (C=O) groups excluding carboxylic acids is 2. The predicted octanol–water partition coefficient (Wildman–Crippen LogP) is 2.04. The van der Waals surface area contributed by atoms with Crippen LogP contribution >= 0.6 is 0 Å². The monoisotopic (exact) mass is 468 g/mol. The van der Waals surface area contributed by atoms with E-state index in [0.29, 0.717) is 37.8 Å². The van der Waals surface area contributed by atoms with E-state index in [1.54, 1.807) is 0 Å². The molecule has 10 heteroatoms. The Hall–Kier alpha value is -3.24. The van der Waals surface area contributed by atoms with Gasteiger partial charge in [0, 0.05) is 43.0 Å². The maximum Gasteiger partial charge on any atom is 0.319 e. The highest BCUT2D eigenvalue weighted by Gasteiger charge is 2.29. The molecule has 1 fully saturated rings. The van der Waals surface area contributed by atoms with Gasteiger partial charge < -0.3 is 25.0 Å². The summed E-state index contributed by atoms with van der Waals surface area (Å²) in [6.45, 7) is 8.19. The number of benzene rings is 1. The lowest BCUT2D eigenvalue weighted by molar-refractivity contribution is -0.142. The van der Waals surface area contributed by atoms with Crippen LogP contribution in [0.5, 0.6) is 0 Å². The van der Waals surface area contributed by atoms with Gasteiger partial charge in [-0.3, -0.25) is 9.69 Å². The van der Waals surface area contributed by atoms with E-state index in [1.165, 1.54) is 7.11 Å². The fraction of sp³-hybridized carbons (Fsp3) is 0.500. The van der Waals surface area contributed by atoms with Crippen molar-refractivity contribution in [3.8, 4) is 11.4 Å². The number of nitrogens with zero attached hydrogens (tertiary/aromatic N) is 4. The number of methoxy groups -OCH3 is 1. The molecule has 2 N–H and O–H groups in total. The minimum atomic E-state index is -0.255. The van der Waals surface area contributed by atoms with E-state index in [9.17, 15) is 9.59 Å². The first-order valence-corrected chi connectivity index (χ1v) is 11.7. The quantitative estimate of drug-likeness (QED) is 0.620. The van der Waals surface area contributed by atoms with Crippen molar-refractivity contribution in [2.45, 2.75) is 32.9 Å². The van der Waals surface area contributed by atoms with Gasteiger partial charge in [-0.05, 0) is 44.5 Å². The van der Waals surface area contributed by atoms with E-state index in [4.69, 9.17) is 19.4 Å². The molecular weight excluding hydrogens is 436 g/mol. The molecule has 34 heavy (non-hydrogen) atoms. The zero-order chi connectivity index (χ0) is 24.1.